The van der Waals surface area contributed by atoms with Gasteiger partial charge in [-0.1, -0.05) is 23.7 Å². The number of aromatic nitrogens is 4. The number of hydrogen-bond donors (Lipinski definition) is 0. The van der Waals surface area contributed by atoms with E-state index >= 15 is 0 Å². The van der Waals surface area contributed by atoms with E-state index in [1.54, 1.807) is 38.4 Å². The Morgan fingerprint density at radius 2 is 2.17 bits per heavy atom. The molecule has 0 saturated carbocycles. The van der Waals surface area contributed by atoms with Crippen molar-refractivity contribution in [1.29, 1.82) is 0 Å². The van der Waals surface area contributed by atoms with Gasteiger partial charge in [-0.3, -0.25) is 4.79 Å². The number of hydrogen-bond acceptors (Lipinski definition) is 4. The Labute approximate surface area is 109 Å². The molecule has 0 N–H and O–H groups in total. The molecule has 94 valence electrons. The summed E-state index contributed by atoms with van der Waals surface area (Å²) in [5.74, 6) is 0.446. The van der Waals surface area contributed by atoms with Crippen LogP contribution in [-0.2, 0) is 13.6 Å². The number of aryl methyl sites for hydroxylation is 1. The molecule has 0 unspecified atom stereocenters. The van der Waals surface area contributed by atoms with Crippen LogP contribution in [0.15, 0.2) is 24.3 Å². The first-order valence-electron chi connectivity index (χ1n) is 5.31. The first-order chi connectivity index (χ1) is 8.59. The molecule has 2 rings (SSSR count). The average Bonchev–Trinajstić information content (AvgIpc) is 2.75. The van der Waals surface area contributed by atoms with Gasteiger partial charge >= 0.3 is 0 Å². The Morgan fingerprint density at radius 3 is 2.78 bits per heavy atom. The Balaban J connectivity index is 2.15. The van der Waals surface area contributed by atoms with Gasteiger partial charge in [0.2, 0.25) is 0 Å². The smallest absolute Gasteiger partial charge is 0.255 e. The van der Waals surface area contributed by atoms with Gasteiger partial charge in [0.15, 0.2) is 5.82 Å². The fraction of sp³-hybridized carbons (Fsp3) is 0.273. The largest absolute Gasteiger partial charge is 0.334 e. The van der Waals surface area contributed by atoms with Gasteiger partial charge in [-0.2, -0.15) is 0 Å². The Bertz CT molecular complexity index is 568. The first-order valence-corrected chi connectivity index (χ1v) is 5.68. The van der Waals surface area contributed by atoms with E-state index in [1.165, 1.54) is 9.58 Å². The van der Waals surface area contributed by atoms with Gasteiger partial charge in [-0.25, -0.2) is 4.68 Å². The lowest BCUT2D eigenvalue weighted by Crippen LogP contribution is -2.27. The summed E-state index contributed by atoms with van der Waals surface area (Å²) in [6, 6.07) is 6.94. The molecule has 0 radical (unpaired) electrons. The summed E-state index contributed by atoms with van der Waals surface area (Å²) in [4.78, 5) is 13.7. The molecule has 0 aliphatic heterocycles. The van der Waals surface area contributed by atoms with Gasteiger partial charge < -0.3 is 4.90 Å². The number of carbonyl (C=O) groups is 1. The Hall–Kier alpha value is -1.95. The summed E-state index contributed by atoms with van der Waals surface area (Å²) in [5.41, 5.74) is 0.469. The van der Waals surface area contributed by atoms with Crippen LogP contribution < -0.4 is 0 Å². The van der Waals surface area contributed by atoms with Gasteiger partial charge in [0, 0.05) is 14.1 Å². The predicted molar refractivity (Wildman–Crippen MR) is 66.0 cm³/mol. The van der Waals surface area contributed by atoms with E-state index in [-0.39, 0.29) is 5.91 Å². The van der Waals surface area contributed by atoms with E-state index in [0.29, 0.717) is 23.0 Å². The monoisotopic (exact) mass is 265 g/mol. The third-order valence-electron chi connectivity index (χ3n) is 2.54. The molecule has 0 spiro atoms. The lowest BCUT2D eigenvalue weighted by Gasteiger charge is -2.16. The summed E-state index contributed by atoms with van der Waals surface area (Å²) in [5, 5.41) is 11.5. The molecule has 0 bridgehead atoms. The van der Waals surface area contributed by atoms with E-state index < -0.39 is 0 Å². The van der Waals surface area contributed by atoms with Crippen LogP contribution in [0.4, 0.5) is 0 Å². The highest BCUT2D eigenvalue weighted by Gasteiger charge is 2.16. The number of nitrogens with zero attached hydrogens (tertiary/aromatic N) is 5. The Morgan fingerprint density at radius 1 is 1.44 bits per heavy atom. The second-order valence-electron chi connectivity index (χ2n) is 3.86. The predicted octanol–water partition coefficient (Wildman–Crippen LogP) is 1.14. The zero-order valence-corrected chi connectivity index (χ0v) is 10.8. The van der Waals surface area contributed by atoms with Crippen molar-refractivity contribution in [1.82, 2.24) is 25.1 Å². The fourth-order valence-electron chi connectivity index (χ4n) is 1.51. The van der Waals surface area contributed by atoms with Gasteiger partial charge in [-0.05, 0) is 22.6 Å². The van der Waals surface area contributed by atoms with Crippen LogP contribution >= 0.6 is 11.6 Å². The molecule has 0 saturated heterocycles. The zero-order valence-electron chi connectivity index (χ0n) is 10.0. The minimum atomic E-state index is -0.163. The molecule has 6 nitrogen and oxygen atoms in total. The highest BCUT2D eigenvalue weighted by molar-refractivity contribution is 6.33. The fourth-order valence-corrected chi connectivity index (χ4v) is 1.72. The molecular weight excluding hydrogens is 254 g/mol. The normalized spacial score (nSPS) is 10.4. The van der Waals surface area contributed by atoms with Crippen molar-refractivity contribution < 1.29 is 4.79 Å². The van der Waals surface area contributed by atoms with Crippen LogP contribution in [0.3, 0.4) is 0 Å². The molecule has 1 aromatic heterocycles. The summed E-state index contributed by atoms with van der Waals surface area (Å²) < 4.78 is 1.52. The Kier molecular flexibility index (Phi) is 3.57. The quantitative estimate of drug-likeness (QED) is 0.835. The first kappa shape index (κ1) is 12.5. The van der Waals surface area contributed by atoms with Crippen molar-refractivity contribution in [2.45, 2.75) is 6.54 Å². The van der Waals surface area contributed by atoms with Crippen molar-refractivity contribution in [3.8, 4) is 0 Å². The van der Waals surface area contributed by atoms with Crippen LogP contribution in [0.25, 0.3) is 0 Å². The third-order valence-corrected chi connectivity index (χ3v) is 2.87. The number of tetrazole rings is 1. The number of rotatable bonds is 3. The van der Waals surface area contributed by atoms with Crippen LogP contribution in [-0.4, -0.2) is 38.1 Å². The van der Waals surface area contributed by atoms with Crippen molar-refractivity contribution in [2.24, 2.45) is 7.05 Å². The second-order valence-corrected chi connectivity index (χ2v) is 4.27. The molecule has 0 aliphatic carbocycles. The van der Waals surface area contributed by atoms with Crippen LogP contribution in [0.1, 0.15) is 16.2 Å². The number of amides is 1. The van der Waals surface area contributed by atoms with Crippen molar-refractivity contribution in [2.75, 3.05) is 7.05 Å². The van der Waals surface area contributed by atoms with Gasteiger partial charge in [-0.15, -0.1) is 5.10 Å². The van der Waals surface area contributed by atoms with E-state index in [4.69, 9.17) is 11.6 Å². The highest BCUT2D eigenvalue weighted by atomic mass is 35.5. The summed E-state index contributed by atoms with van der Waals surface area (Å²) in [6.45, 7) is 0.327. The molecule has 0 aliphatic rings. The molecule has 1 heterocycles. The minimum Gasteiger partial charge on any atom is -0.334 e. The molecule has 0 fully saturated rings. The van der Waals surface area contributed by atoms with Crippen molar-refractivity contribution in [3.63, 3.8) is 0 Å². The molecule has 1 amide bonds. The van der Waals surface area contributed by atoms with E-state index in [2.05, 4.69) is 15.5 Å². The van der Waals surface area contributed by atoms with Crippen LogP contribution in [0, 0.1) is 0 Å². The minimum absolute atomic E-state index is 0.163. The maximum Gasteiger partial charge on any atom is 0.255 e. The molecule has 0 atom stereocenters. The summed E-state index contributed by atoms with van der Waals surface area (Å²) in [7, 11) is 3.41. The zero-order chi connectivity index (χ0) is 13.1. The third kappa shape index (κ3) is 2.48. The summed E-state index contributed by atoms with van der Waals surface area (Å²) in [6.07, 6.45) is 0. The number of benzene rings is 1. The van der Waals surface area contributed by atoms with Gasteiger partial charge in [0.1, 0.15) is 0 Å². The molecule has 7 heteroatoms. The molecule has 18 heavy (non-hydrogen) atoms. The topological polar surface area (TPSA) is 63.9 Å². The van der Waals surface area contributed by atoms with Gasteiger partial charge in [0.05, 0.1) is 17.1 Å². The standard InChI is InChI=1S/C11H12ClN5O/c1-16(7-10-13-14-15-17(10)2)11(18)8-5-3-4-6-9(8)12/h3-6H,7H2,1-2H3. The SMILES string of the molecule is CN(Cc1nnnn1C)C(=O)c1ccccc1Cl. The lowest BCUT2D eigenvalue weighted by molar-refractivity contribution is 0.0780. The molecular formula is C11H12ClN5O. The van der Waals surface area contributed by atoms with E-state index in [0.717, 1.165) is 0 Å². The lowest BCUT2D eigenvalue weighted by atomic mass is 10.2. The summed E-state index contributed by atoms with van der Waals surface area (Å²) >= 11 is 5.98. The van der Waals surface area contributed by atoms with E-state index in [9.17, 15) is 4.79 Å². The van der Waals surface area contributed by atoms with E-state index in [1.807, 2.05) is 0 Å². The van der Waals surface area contributed by atoms with Crippen molar-refractivity contribution >= 4 is 17.5 Å². The maximum absolute atomic E-state index is 12.2. The van der Waals surface area contributed by atoms with Crippen molar-refractivity contribution in [3.05, 3.63) is 40.7 Å². The second kappa shape index (κ2) is 5.14. The number of carbonyl (C=O) groups excluding carboxylic acids is 1. The molecule has 1 aromatic carbocycles. The van der Waals surface area contributed by atoms with Gasteiger partial charge in [0.25, 0.3) is 5.91 Å². The number of halogens is 1. The van der Waals surface area contributed by atoms with Crippen LogP contribution in [0.2, 0.25) is 5.02 Å². The average molecular weight is 266 g/mol. The molecule has 2 aromatic rings. The highest BCUT2D eigenvalue weighted by Crippen LogP contribution is 2.17. The van der Waals surface area contributed by atoms with Crippen LogP contribution in [0.5, 0.6) is 0 Å². The maximum atomic E-state index is 12.2.